The second-order valence-electron chi connectivity index (χ2n) is 17.2. The number of aromatic nitrogens is 4. The molecule has 0 radical (unpaired) electrons. The minimum Gasteiger partial charge on any atom is -0.309 e. The van der Waals surface area contributed by atoms with Gasteiger partial charge < -0.3 is 9.13 Å². The number of nitrogens with zero attached hydrogens (tertiary/aromatic N) is 5. The molecule has 66 heavy (non-hydrogen) atoms. The zero-order valence-corrected chi connectivity index (χ0v) is 36.2. The van der Waals surface area contributed by atoms with Crippen LogP contribution in [-0.2, 0) is 5.41 Å². The number of para-hydroxylation sites is 3. The van der Waals surface area contributed by atoms with Gasteiger partial charge in [0.05, 0.1) is 45.4 Å². The average molecular weight is 858 g/mol. The molecule has 0 bridgehead atoms. The molecule has 0 amide bonds. The maximum Gasteiger partial charge on any atom is 0.188 e. The molecule has 0 fully saturated rings. The molecule has 0 unspecified atom stereocenters. The first-order chi connectivity index (χ1) is 32.7. The Kier molecular flexibility index (Phi) is 7.83. The average Bonchev–Trinajstić information content (AvgIpc) is 4.00. The molecule has 5 heterocycles. The molecular formula is C60H35N5S. The van der Waals surface area contributed by atoms with Crippen LogP contribution in [-0.4, -0.2) is 19.1 Å². The van der Waals surface area contributed by atoms with E-state index < -0.39 is 5.41 Å². The van der Waals surface area contributed by atoms with Gasteiger partial charge in [0.1, 0.15) is 0 Å². The third-order valence-electron chi connectivity index (χ3n) is 13.9. The monoisotopic (exact) mass is 857 g/mol. The molecule has 12 aromatic rings. The van der Waals surface area contributed by atoms with E-state index in [1.807, 2.05) is 42.4 Å². The summed E-state index contributed by atoms with van der Waals surface area (Å²) in [6.07, 6.45) is 3.78. The lowest BCUT2D eigenvalue weighted by Gasteiger charge is -2.40. The zero-order valence-electron chi connectivity index (χ0n) is 35.4. The van der Waals surface area contributed by atoms with E-state index >= 15 is 0 Å². The number of hydrogen-bond acceptors (Lipinski definition) is 3. The standard InChI is InChI=1S/C60H35N5S/c1-61-40-26-30-55-47(36-40)46-34-39(25-29-54(46)65(55)42-15-6-3-7-16-42)43-18-10-19-51-59(43)66-56-35-38(23-27-48(56)60(51)49-20-11-31-62-57(49)58-50(60)21-12-32-63-58)37-24-28-53-45(33-37)44-17-8-9-22-52(44)64(53)41-13-4-2-5-14-41/h2-36H. The lowest BCUT2D eigenvalue weighted by molar-refractivity contribution is 0.720. The fourth-order valence-corrected chi connectivity index (χ4v) is 12.5. The lowest BCUT2D eigenvalue weighted by Crippen LogP contribution is -2.32. The Balaban J connectivity index is 1.00. The molecule has 4 aromatic heterocycles. The van der Waals surface area contributed by atoms with E-state index in [0.717, 1.165) is 72.4 Å². The number of hydrogen-bond donors (Lipinski definition) is 0. The summed E-state index contributed by atoms with van der Waals surface area (Å²) in [6.45, 7) is 7.90. The normalized spacial score (nSPS) is 13.2. The Morgan fingerprint density at radius 2 is 0.970 bits per heavy atom. The maximum absolute atomic E-state index is 7.90. The molecule has 306 valence electrons. The van der Waals surface area contributed by atoms with E-state index in [1.165, 1.54) is 48.3 Å². The summed E-state index contributed by atoms with van der Waals surface area (Å²) in [6, 6.07) is 72.2. The van der Waals surface area contributed by atoms with Gasteiger partial charge in [-0.2, -0.15) is 0 Å². The summed E-state index contributed by atoms with van der Waals surface area (Å²) < 4.78 is 4.68. The molecule has 2 aliphatic rings. The summed E-state index contributed by atoms with van der Waals surface area (Å²) >= 11 is 1.86. The Morgan fingerprint density at radius 3 is 1.67 bits per heavy atom. The van der Waals surface area contributed by atoms with E-state index in [2.05, 4.69) is 196 Å². The van der Waals surface area contributed by atoms with Gasteiger partial charge in [0.15, 0.2) is 5.69 Å². The van der Waals surface area contributed by atoms with Crippen LogP contribution in [0.3, 0.4) is 0 Å². The fraction of sp³-hybridized carbons (Fsp3) is 0.0167. The predicted octanol–water partition coefficient (Wildman–Crippen LogP) is 15.4. The van der Waals surface area contributed by atoms with Crippen LogP contribution in [0.2, 0.25) is 0 Å². The summed E-state index contributed by atoms with van der Waals surface area (Å²) in [4.78, 5) is 16.3. The van der Waals surface area contributed by atoms with Crippen molar-refractivity contribution in [2.24, 2.45) is 0 Å². The first kappa shape index (κ1) is 36.9. The van der Waals surface area contributed by atoms with Crippen LogP contribution in [0.25, 0.3) is 93.5 Å². The van der Waals surface area contributed by atoms with Crippen LogP contribution in [0, 0.1) is 6.57 Å². The first-order valence-electron chi connectivity index (χ1n) is 22.2. The molecule has 0 saturated carbocycles. The van der Waals surface area contributed by atoms with Gasteiger partial charge in [0.25, 0.3) is 0 Å². The van der Waals surface area contributed by atoms with Gasteiger partial charge in [-0.05, 0) is 135 Å². The second kappa shape index (κ2) is 14.0. The van der Waals surface area contributed by atoms with Gasteiger partial charge >= 0.3 is 0 Å². The van der Waals surface area contributed by atoms with E-state index in [9.17, 15) is 0 Å². The van der Waals surface area contributed by atoms with Crippen LogP contribution >= 0.6 is 11.8 Å². The van der Waals surface area contributed by atoms with Crippen molar-refractivity contribution in [2.75, 3.05) is 0 Å². The predicted molar refractivity (Wildman–Crippen MR) is 269 cm³/mol. The maximum atomic E-state index is 7.90. The van der Waals surface area contributed by atoms with Crippen molar-refractivity contribution in [1.29, 1.82) is 0 Å². The van der Waals surface area contributed by atoms with E-state index in [1.54, 1.807) is 0 Å². The highest BCUT2D eigenvalue weighted by atomic mass is 32.2. The van der Waals surface area contributed by atoms with Crippen molar-refractivity contribution in [3.8, 4) is 45.0 Å². The highest BCUT2D eigenvalue weighted by Gasteiger charge is 2.52. The van der Waals surface area contributed by atoms with Gasteiger partial charge in [-0.15, -0.1) is 0 Å². The highest BCUT2D eigenvalue weighted by Crippen LogP contribution is 2.63. The summed E-state index contributed by atoms with van der Waals surface area (Å²) in [5, 5.41) is 4.63. The van der Waals surface area contributed by atoms with Gasteiger partial charge in [-0.1, -0.05) is 127 Å². The van der Waals surface area contributed by atoms with Crippen molar-refractivity contribution in [1.82, 2.24) is 19.1 Å². The number of fused-ring (bicyclic) bond motifs is 15. The van der Waals surface area contributed by atoms with Crippen molar-refractivity contribution in [3.63, 3.8) is 0 Å². The van der Waals surface area contributed by atoms with E-state index in [0.29, 0.717) is 5.69 Å². The molecule has 0 saturated heterocycles. The molecular weight excluding hydrogens is 823 g/mol. The molecule has 0 atom stereocenters. The van der Waals surface area contributed by atoms with Crippen LogP contribution < -0.4 is 0 Å². The largest absolute Gasteiger partial charge is 0.309 e. The van der Waals surface area contributed by atoms with Gasteiger partial charge in [0, 0.05) is 49.7 Å². The first-order valence-corrected chi connectivity index (χ1v) is 23.0. The molecule has 5 nitrogen and oxygen atoms in total. The Hall–Kier alpha value is -8.50. The Morgan fingerprint density at radius 1 is 0.424 bits per heavy atom. The second-order valence-corrected chi connectivity index (χ2v) is 18.2. The van der Waals surface area contributed by atoms with Gasteiger partial charge in [0.2, 0.25) is 0 Å². The van der Waals surface area contributed by atoms with Crippen LogP contribution in [0.1, 0.15) is 22.3 Å². The minimum absolute atomic E-state index is 0.629. The third kappa shape index (κ3) is 5.06. The van der Waals surface area contributed by atoms with E-state index in [4.69, 9.17) is 16.5 Å². The highest BCUT2D eigenvalue weighted by molar-refractivity contribution is 7.99. The molecule has 0 N–H and O–H groups in total. The smallest absolute Gasteiger partial charge is 0.188 e. The summed E-state index contributed by atoms with van der Waals surface area (Å²) in [5.41, 5.74) is 18.0. The number of rotatable bonds is 4. The quantitative estimate of drug-likeness (QED) is 0.166. The zero-order chi connectivity index (χ0) is 43.5. The van der Waals surface area contributed by atoms with E-state index in [-0.39, 0.29) is 0 Å². The molecule has 1 aliphatic heterocycles. The fourth-order valence-electron chi connectivity index (χ4n) is 11.2. The van der Waals surface area contributed by atoms with Gasteiger partial charge in [-0.3, -0.25) is 9.97 Å². The van der Waals surface area contributed by atoms with Crippen molar-refractivity contribution >= 4 is 61.1 Å². The Labute approximate surface area is 384 Å². The van der Waals surface area contributed by atoms with Crippen LogP contribution in [0.15, 0.2) is 222 Å². The lowest BCUT2D eigenvalue weighted by atomic mass is 9.67. The summed E-state index contributed by atoms with van der Waals surface area (Å²) in [5.74, 6) is 0. The van der Waals surface area contributed by atoms with Gasteiger partial charge in [-0.25, -0.2) is 4.85 Å². The minimum atomic E-state index is -0.650. The molecule has 8 aromatic carbocycles. The third-order valence-corrected chi connectivity index (χ3v) is 15.1. The number of benzene rings is 8. The van der Waals surface area contributed by atoms with Crippen molar-refractivity contribution in [2.45, 2.75) is 15.2 Å². The topological polar surface area (TPSA) is 40.0 Å². The molecule has 14 rings (SSSR count). The van der Waals surface area contributed by atoms with Crippen molar-refractivity contribution in [3.05, 3.63) is 246 Å². The number of pyridine rings is 2. The Bertz CT molecular complexity index is 4000. The SMILES string of the molecule is [C-]#[N+]c1ccc2c(c1)c1cc(-c3cccc4c3Sc3cc(-c5ccc6c(c5)c5ccccc5n6-c5ccccc5)ccc3C43c4cccnc4-c4ncccc43)ccc1n2-c1ccccc1. The van der Waals surface area contributed by atoms with Crippen LogP contribution in [0.4, 0.5) is 5.69 Å². The van der Waals surface area contributed by atoms with Crippen molar-refractivity contribution < 1.29 is 0 Å². The summed E-state index contributed by atoms with van der Waals surface area (Å²) in [7, 11) is 0. The molecule has 1 aliphatic carbocycles. The molecule has 1 spiro atoms. The molecule has 6 heteroatoms. The van der Waals surface area contributed by atoms with Crippen LogP contribution in [0.5, 0.6) is 0 Å².